The summed E-state index contributed by atoms with van der Waals surface area (Å²) in [5.74, 6) is -0.520. The first-order chi connectivity index (χ1) is 11.3. The zero-order valence-electron chi connectivity index (χ0n) is 14.9. The Bertz CT molecular complexity index is 704. The molecule has 1 aliphatic heterocycles. The van der Waals surface area contributed by atoms with E-state index in [4.69, 9.17) is 28.9 Å². The number of primary amides is 1. The summed E-state index contributed by atoms with van der Waals surface area (Å²) in [6.45, 7) is 9.95. The molecule has 3 N–H and O–H groups in total. The number of halogens is 2. The number of carbonyl (C=O) groups is 2. The second kappa shape index (κ2) is 6.89. The van der Waals surface area contributed by atoms with E-state index >= 15 is 0 Å². The van der Waals surface area contributed by atoms with Crippen LogP contribution in [0.4, 0.5) is 10.5 Å². The standard InChI is InChI=1S/C17H23Cl2N3O2S/c1-16(2,3)14-22(12(13(20)23)17(4,5)25-14)15(24)21-9-6-7-10(18)11(19)8-9/h6-8,12,14H,1-5H3,(H2,20,23)(H,21,24). The molecule has 5 nitrogen and oxygen atoms in total. The van der Waals surface area contributed by atoms with Crippen molar-refractivity contribution in [3.63, 3.8) is 0 Å². The molecule has 138 valence electrons. The van der Waals surface area contributed by atoms with Gasteiger partial charge in [0.25, 0.3) is 0 Å². The van der Waals surface area contributed by atoms with E-state index in [9.17, 15) is 9.59 Å². The molecule has 0 aromatic heterocycles. The molecular formula is C17H23Cl2N3O2S. The van der Waals surface area contributed by atoms with E-state index in [1.54, 1.807) is 34.9 Å². The molecule has 0 spiro atoms. The van der Waals surface area contributed by atoms with Crippen molar-refractivity contribution in [1.29, 1.82) is 0 Å². The van der Waals surface area contributed by atoms with Crippen LogP contribution in [0.1, 0.15) is 34.6 Å². The highest BCUT2D eigenvalue weighted by molar-refractivity contribution is 8.01. The van der Waals surface area contributed by atoms with Gasteiger partial charge in [0.05, 0.1) is 15.4 Å². The Labute approximate surface area is 162 Å². The van der Waals surface area contributed by atoms with Gasteiger partial charge >= 0.3 is 6.03 Å². The van der Waals surface area contributed by atoms with E-state index in [1.165, 1.54) is 0 Å². The number of nitrogens with zero attached hydrogens (tertiary/aromatic N) is 1. The van der Waals surface area contributed by atoms with Gasteiger partial charge in [0, 0.05) is 10.4 Å². The van der Waals surface area contributed by atoms with Gasteiger partial charge in [-0.25, -0.2) is 4.79 Å². The first-order valence-corrected chi connectivity index (χ1v) is 9.49. The lowest BCUT2D eigenvalue weighted by atomic mass is 9.93. The van der Waals surface area contributed by atoms with Gasteiger partial charge in [-0.3, -0.25) is 9.69 Å². The van der Waals surface area contributed by atoms with Crippen LogP contribution in [0.15, 0.2) is 18.2 Å². The van der Waals surface area contributed by atoms with Gasteiger partial charge in [0.2, 0.25) is 5.91 Å². The quantitative estimate of drug-likeness (QED) is 0.758. The molecule has 25 heavy (non-hydrogen) atoms. The molecule has 1 aliphatic rings. The number of rotatable bonds is 2. The summed E-state index contributed by atoms with van der Waals surface area (Å²) in [7, 11) is 0. The lowest BCUT2D eigenvalue weighted by Crippen LogP contribution is -2.56. The number of nitrogens with one attached hydrogen (secondary N) is 1. The van der Waals surface area contributed by atoms with Crippen LogP contribution in [0.5, 0.6) is 0 Å². The largest absolute Gasteiger partial charge is 0.368 e. The van der Waals surface area contributed by atoms with Crippen LogP contribution in [-0.2, 0) is 4.79 Å². The van der Waals surface area contributed by atoms with E-state index in [2.05, 4.69) is 5.32 Å². The van der Waals surface area contributed by atoms with Gasteiger partial charge in [0.1, 0.15) is 6.04 Å². The molecular weight excluding hydrogens is 381 g/mol. The van der Waals surface area contributed by atoms with Gasteiger partial charge < -0.3 is 11.1 Å². The Morgan fingerprint density at radius 1 is 1.24 bits per heavy atom. The first-order valence-electron chi connectivity index (χ1n) is 7.86. The number of hydrogen-bond donors (Lipinski definition) is 2. The summed E-state index contributed by atoms with van der Waals surface area (Å²) in [5, 5.41) is 3.34. The zero-order valence-corrected chi connectivity index (χ0v) is 17.2. The predicted octanol–water partition coefficient (Wildman–Crippen LogP) is 4.58. The lowest BCUT2D eigenvalue weighted by Gasteiger charge is -2.36. The number of anilines is 1. The van der Waals surface area contributed by atoms with Gasteiger partial charge in [-0.05, 0) is 37.5 Å². The molecule has 1 aromatic carbocycles. The smallest absolute Gasteiger partial charge is 0.323 e. The molecule has 1 fully saturated rings. The normalized spacial score (nSPS) is 22.8. The molecule has 0 aliphatic carbocycles. The van der Waals surface area contributed by atoms with Crippen LogP contribution >= 0.6 is 35.0 Å². The summed E-state index contributed by atoms with van der Waals surface area (Å²) >= 11 is 13.5. The molecule has 0 saturated carbocycles. The molecule has 3 amide bonds. The summed E-state index contributed by atoms with van der Waals surface area (Å²) in [4.78, 5) is 26.6. The number of hydrogen-bond acceptors (Lipinski definition) is 3. The Hall–Kier alpha value is -1.11. The number of thioether (sulfide) groups is 1. The van der Waals surface area contributed by atoms with Crippen molar-refractivity contribution in [3.05, 3.63) is 28.2 Å². The highest BCUT2D eigenvalue weighted by Gasteiger charge is 2.55. The predicted molar refractivity (Wildman–Crippen MR) is 105 cm³/mol. The third-order valence-electron chi connectivity index (χ3n) is 4.02. The number of carbonyl (C=O) groups excluding carboxylic acids is 2. The summed E-state index contributed by atoms with van der Waals surface area (Å²) in [6, 6.07) is 3.73. The third-order valence-corrected chi connectivity index (χ3v) is 6.75. The molecule has 1 saturated heterocycles. The van der Waals surface area contributed by atoms with Gasteiger partial charge in [-0.15, -0.1) is 11.8 Å². The summed E-state index contributed by atoms with van der Waals surface area (Å²) in [6.07, 6.45) is 0. The topological polar surface area (TPSA) is 75.4 Å². The fourth-order valence-corrected chi connectivity index (χ4v) is 4.86. The molecule has 0 radical (unpaired) electrons. The SMILES string of the molecule is CC(C)(C)C1SC(C)(C)C(C(N)=O)N1C(=O)Nc1ccc(Cl)c(Cl)c1. The Balaban J connectivity index is 2.37. The molecule has 2 atom stereocenters. The number of nitrogens with two attached hydrogens (primary N) is 1. The van der Waals surface area contributed by atoms with Crippen molar-refractivity contribution in [3.8, 4) is 0 Å². The molecule has 0 bridgehead atoms. The van der Waals surface area contributed by atoms with Gasteiger partial charge in [0.15, 0.2) is 0 Å². The van der Waals surface area contributed by atoms with Crippen LogP contribution in [0.3, 0.4) is 0 Å². The average molecular weight is 404 g/mol. The van der Waals surface area contributed by atoms with E-state index < -0.39 is 16.7 Å². The van der Waals surface area contributed by atoms with Crippen molar-refractivity contribution in [2.75, 3.05) is 5.32 Å². The minimum Gasteiger partial charge on any atom is -0.368 e. The number of amides is 3. The molecule has 1 heterocycles. The summed E-state index contributed by atoms with van der Waals surface area (Å²) < 4.78 is -0.487. The highest BCUT2D eigenvalue weighted by atomic mass is 35.5. The van der Waals surface area contributed by atoms with E-state index in [0.29, 0.717) is 15.7 Å². The van der Waals surface area contributed by atoms with Crippen molar-refractivity contribution in [2.45, 2.75) is 50.8 Å². The van der Waals surface area contributed by atoms with Crippen molar-refractivity contribution >= 4 is 52.6 Å². The fraction of sp³-hybridized carbons (Fsp3) is 0.529. The van der Waals surface area contributed by atoms with Crippen LogP contribution in [0.25, 0.3) is 0 Å². The second-order valence-electron chi connectivity index (χ2n) is 7.71. The van der Waals surface area contributed by atoms with Gasteiger partial charge in [-0.2, -0.15) is 0 Å². The molecule has 8 heteroatoms. The van der Waals surface area contributed by atoms with Crippen LogP contribution in [-0.4, -0.2) is 33.0 Å². The molecule has 2 rings (SSSR count). The van der Waals surface area contributed by atoms with Crippen molar-refractivity contribution in [1.82, 2.24) is 4.90 Å². The maximum Gasteiger partial charge on any atom is 0.323 e. The van der Waals surface area contributed by atoms with Crippen LogP contribution in [0, 0.1) is 5.41 Å². The van der Waals surface area contributed by atoms with E-state index in [-0.39, 0.29) is 16.8 Å². The Morgan fingerprint density at radius 3 is 2.32 bits per heavy atom. The average Bonchev–Trinajstić information content (AvgIpc) is 2.74. The van der Waals surface area contributed by atoms with Crippen molar-refractivity contribution in [2.24, 2.45) is 11.1 Å². The minimum atomic E-state index is -0.718. The maximum atomic E-state index is 13.0. The molecule has 2 unspecified atom stereocenters. The Morgan fingerprint density at radius 2 is 1.84 bits per heavy atom. The van der Waals surface area contributed by atoms with Crippen LogP contribution < -0.4 is 11.1 Å². The fourth-order valence-electron chi connectivity index (χ4n) is 2.94. The summed E-state index contributed by atoms with van der Waals surface area (Å²) in [5.41, 5.74) is 5.90. The molecule has 1 aromatic rings. The van der Waals surface area contributed by atoms with E-state index in [1.807, 2.05) is 34.6 Å². The van der Waals surface area contributed by atoms with Crippen LogP contribution in [0.2, 0.25) is 10.0 Å². The first kappa shape index (κ1) is 20.2. The highest BCUT2D eigenvalue weighted by Crippen LogP contribution is 2.50. The Kier molecular flexibility index (Phi) is 5.57. The monoisotopic (exact) mass is 403 g/mol. The maximum absolute atomic E-state index is 13.0. The minimum absolute atomic E-state index is 0.206. The van der Waals surface area contributed by atoms with Gasteiger partial charge in [-0.1, -0.05) is 44.0 Å². The zero-order chi connectivity index (χ0) is 19.2. The number of urea groups is 1. The van der Waals surface area contributed by atoms with Crippen molar-refractivity contribution < 1.29 is 9.59 Å². The lowest BCUT2D eigenvalue weighted by molar-refractivity contribution is -0.123. The van der Waals surface area contributed by atoms with E-state index in [0.717, 1.165) is 0 Å². The number of benzene rings is 1. The second-order valence-corrected chi connectivity index (χ2v) is 10.3. The third kappa shape index (κ3) is 4.18.